The first kappa shape index (κ1) is 13.5. The molecule has 88 valence electrons. The molecule has 0 spiro atoms. The standard InChI is InChI=1S/C12H8Br2OS2/c13-9-3-1-5-11(7-9)16-15-17-12-6-2-4-10(14)8-12/h1-8H. The molecule has 0 bridgehead atoms. The minimum absolute atomic E-state index is 1.05. The van der Waals surface area contributed by atoms with Crippen molar-refractivity contribution >= 4 is 55.9 Å². The van der Waals surface area contributed by atoms with E-state index in [1.54, 1.807) is 0 Å². The van der Waals surface area contributed by atoms with Crippen molar-refractivity contribution in [2.45, 2.75) is 9.79 Å². The highest BCUT2D eigenvalue weighted by molar-refractivity contribution is 9.10. The summed E-state index contributed by atoms with van der Waals surface area (Å²) in [5.74, 6) is 0. The van der Waals surface area contributed by atoms with Crippen LogP contribution in [-0.4, -0.2) is 0 Å². The zero-order chi connectivity index (χ0) is 12.1. The molecule has 0 aromatic heterocycles. The van der Waals surface area contributed by atoms with Crippen molar-refractivity contribution in [1.29, 1.82) is 0 Å². The third-order valence-corrected chi connectivity index (χ3v) is 4.28. The third kappa shape index (κ3) is 4.67. The van der Waals surface area contributed by atoms with E-state index in [4.69, 9.17) is 3.63 Å². The summed E-state index contributed by atoms with van der Waals surface area (Å²) in [6.45, 7) is 0. The average molecular weight is 392 g/mol. The van der Waals surface area contributed by atoms with Crippen molar-refractivity contribution in [3.05, 3.63) is 57.5 Å². The second kappa shape index (κ2) is 6.85. The lowest BCUT2D eigenvalue weighted by Crippen LogP contribution is -1.74. The van der Waals surface area contributed by atoms with Gasteiger partial charge in [-0.1, -0.05) is 44.0 Å². The summed E-state index contributed by atoms with van der Waals surface area (Å²) in [4.78, 5) is 2.14. The Kier molecular flexibility index (Phi) is 5.44. The molecule has 0 N–H and O–H groups in total. The lowest BCUT2D eigenvalue weighted by molar-refractivity contribution is 0.756. The Labute approximate surface area is 126 Å². The molecule has 0 radical (unpaired) electrons. The molecule has 5 heteroatoms. The summed E-state index contributed by atoms with van der Waals surface area (Å²) in [5.41, 5.74) is 0. The van der Waals surface area contributed by atoms with Crippen LogP contribution in [0, 0.1) is 0 Å². The average Bonchev–Trinajstić information content (AvgIpc) is 2.29. The Balaban J connectivity index is 1.87. The summed E-state index contributed by atoms with van der Waals surface area (Å²) < 4.78 is 7.62. The van der Waals surface area contributed by atoms with Gasteiger partial charge >= 0.3 is 0 Å². The molecule has 1 nitrogen and oxygen atoms in total. The first-order chi connectivity index (χ1) is 8.24. The largest absolute Gasteiger partial charge is 0.237 e. The van der Waals surface area contributed by atoms with Crippen molar-refractivity contribution < 1.29 is 3.63 Å². The van der Waals surface area contributed by atoms with Crippen molar-refractivity contribution in [3.8, 4) is 0 Å². The van der Waals surface area contributed by atoms with Crippen LogP contribution in [0.3, 0.4) is 0 Å². The molecular formula is C12H8Br2OS2. The summed E-state index contributed by atoms with van der Waals surface area (Å²) >= 11 is 9.56. The van der Waals surface area contributed by atoms with Gasteiger partial charge in [0.25, 0.3) is 0 Å². The number of hydrogen-bond acceptors (Lipinski definition) is 3. The predicted octanol–water partition coefficient (Wildman–Crippen LogP) is 5.94. The van der Waals surface area contributed by atoms with Crippen LogP contribution >= 0.6 is 55.9 Å². The van der Waals surface area contributed by atoms with Gasteiger partial charge in [-0.15, -0.1) is 0 Å². The molecule has 2 aromatic rings. The number of benzene rings is 2. The first-order valence-corrected chi connectivity index (χ1v) is 7.83. The zero-order valence-corrected chi connectivity index (χ0v) is 13.4. The lowest BCUT2D eigenvalue weighted by atomic mass is 10.4. The van der Waals surface area contributed by atoms with E-state index in [1.807, 2.05) is 48.5 Å². The fourth-order valence-electron chi connectivity index (χ4n) is 1.13. The van der Waals surface area contributed by atoms with Gasteiger partial charge in [-0.05, 0) is 36.4 Å². The van der Waals surface area contributed by atoms with Crippen LogP contribution in [0.5, 0.6) is 0 Å². The molecule has 0 saturated heterocycles. The van der Waals surface area contributed by atoms with Crippen LogP contribution in [-0.2, 0) is 3.63 Å². The van der Waals surface area contributed by atoms with Gasteiger partial charge in [-0.3, -0.25) is 0 Å². The molecule has 0 aliphatic rings. The molecule has 0 heterocycles. The van der Waals surface area contributed by atoms with Gasteiger partial charge in [0.2, 0.25) is 0 Å². The quantitative estimate of drug-likeness (QED) is 0.596. The van der Waals surface area contributed by atoms with E-state index in [1.165, 1.54) is 24.1 Å². The third-order valence-electron chi connectivity index (χ3n) is 1.85. The molecule has 0 aliphatic carbocycles. The number of hydrogen-bond donors (Lipinski definition) is 0. The maximum atomic E-state index is 5.51. The van der Waals surface area contributed by atoms with E-state index in [0.29, 0.717) is 0 Å². The first-order valence-electron chi connectivity index (χ1n) is 4.76. The second-order valence-corrected chi connectivity index (χ2v) is 6.80. The van der Waals surface area contributed by atoms with E-state index >= 15 is 0 Å². The van der Waals surface area contributed by atoms with E-state index in [2.05, 4.69) is 31.9 Å². The van der Waals surface area contributed by atoms with Crippen molar-refractivity contribution in [2.75, 3.05) is 0 Å². The molecule has 2 rings (SSSR count). The molecule has 0 atom stereocenters. The van der Waals surface area contributed by atoms with Crippen LogP contribution in [0.2, 0.25) is 0 Å². The van der Waals surface area contributed by atoms with Gasteiger partial charge < -0.3 is 0 Å². The minimum Gasteiger partial charge on any atom is -0.237 e. The van der Waals surface area contributed by atoms with Crippen LogP contribution in [0.1, 0.15) is 0 Å². The Morgan fingerprint density at radius 1 is 0.765 bits per heavy atom. The van der Waals surface area contributed by atoms with E-state index in [9.17, 15) is 0 Å². The number of rotatable bonds is 4. The van der Waals surface area contributed by atoms with E-state index in [0.717, 1.165) is 18.7 Å². The lowest BCUT2D eigenvalue weighted by Gasteiger charge is -2.02. The molecule has 0 fully saturated rings. The van der Waals surface area contributed by atoms with Crippen molar-refractivity contribution in [3.63, 3.8) is 0 Å². The Bertz CT molecular complexity index is 460. The highest BCUT2D eigenvalue weighted by atomic mass is 79.9. The summed E-state index contributed by atoms with van der Waals surface area (Å²) in [6, 6.07) is 16.0. The highest BCUT2D eigenvalue weighted by Crippen LogP contribution is 2.31. The maximum Gasteiger partial charge on any atom is 0.0448 e. The maximum absolute atomic E-state index is 5.51. The van der Waals surface area contributed by atoms with Crippen LogP contribution < -0.4 is 0 Å². The highest BCUT2D eigenvalue weighted by Gasteiger charge is 1.99. The SMILES string of the molecule is Brc1cccc(SOSc2cccc(Br)c2)c1. The summed E-state index contributed by atoms with van der Waals surface area (Å²) in [7, 11) is 0. The van der Waals surface area contributed by atoms with Crippen molar-refractivity contribution in [2.24, 2.45) is 0 Å². The predicted molar refractivity (Wildman–Crippen MR) is 81.1 cm³/mol. The smallest absolute Gasteiger partial charge is 0.0448 e. The van der Waals surface area contributed by atoms with Gasteiger partial charge in [0, 0.05) is 42.8 Å². The molecule has 17 heavy (non-hydrogen) atoms. The minimum atomic E-state index is 1.05. The molecule has 2 aromatic carbocycles. The van der Waals surface area contributed by atoms with Crippen LogP contribution in [0.4, 0.5) is 0 Å². The topological polar surface area (TPSA) is 9.23 Å². The van der Waals surface area contributed by atoms with E-state index < -0.39 is 0 Å². The van der Waals surface area contributed by atoms with Crippen LogP contribution in [0.25, 0.3) is 0 Å². The molecular weight excluding hydrogens is 384 g/mol. The normalized spacial score (nSPS) is 10.5. The van der Waals surface area contributed by atoms with Crippen LogP contribution in [0.15, 0.2) is 67.3 Å². The van der Waals surface area contributed by atoms with Gasteiger partial charge in [-0.2, -0.15) is 0 Å². The Hall–Kier alpha value is 0.0600. The fraction of sp³-hybridized carbons (Fsp3) is 0. The van der Waals surface area contributed by atoms with Gasteiger partial charge in [-0.25, -0.2) is 3.63 Å². The second-order valence-electron chi connectivity index (χ2n) is 3.15. The molecule has 0 saturated carbocycles. The van der Waals surface area contributed by atoms with Crippen molar-refractivity contribution in [1.82, 2.24) is 0 Å². The Morgan fingerprint density at radius 3 is 1.65 bits per heavy atom. The van der Waals surface area contributed by atoms with Gasteiger partial charge in [0.1, 0.15) is 0 Å². The zero-order valence-electron chi connectivity index (χ0n) is 8.60. The monoisotopic (exact) mass is 390 g/mol. The van der Waals surface area contributed by atoms with Gasteiger partial charge in [0.15, 0.2) is 0 Å². The number of halogens is 2. The summed E-state index contributed by atoms with van der Waals surface area (Å²) in [6.07, 6.45) is 0. The Morgan fingerprint density at radius 2 is 1.24 bits per heavy atom. The van der Waals surface area contributed by atoms with Gasteiger partial charge in [0.05, 0.1) is 0 Å². The molecule has 0 unspecified atom stereocenters. The van der Waals surface area contributed by atoms with E-state index in [-0.39, 0.29) is 0 Å². The molecule has 0 aliphatic heterocycles. The molecule has 0 amide bonds. The fourth-order valence-corrected chi connectivity index (χ4v) is 3.62. The summed E-state index contributed by atoms with van der Waals surface area (Å²) in [5, 5.41) is 0.